The number of ketones is 1. The first-order valence-electron chi connectivity index (χ1n) is 6.07. The van der Waals surface area contributed by atoms with Crippen molar-refractivity contribution in [2.75, 3.05) is 20.2 Å². The minimum atomic E-state index is -0.757. The third-order valence-electron chi connectivity index (χ3n) is 3.28. The van der Waals surface area contributed by atoms with Crippen LogP contribution < -0.4 is 0 Å². The Hall–Kier alpha value is -1.33. The predicted octanol–water partition coefficient (Wildman–Crippen LogP) is 2.24. The number of aliphatic hydroxyl groups excluding tert-OH is 1. The van der Waals surface area contributed by atoms with Gasteiger partial charge in [-0.05, 0) is 33.0 Å². The van der Waals surface area contributed by atoms with E-state index in [4.69, 9.17) is 0 Å². The van der Waals surface area contributed by atoms with Gasteiger partial charge in [-0.25, -0.2) is 8.78 Å². The lowest BCUT2D eigenvalue weighted by molar-refractivity contribution is 0.0725. The molecule has 0 saturated carbocycles. The molecule has 0 atom stereocenters. The standard InChI is InChI=1S/C14H19F2NO2/c1-14(2,9-18)17(3)5-4-13(19)10-6-11(15)8-12(16)7-10/h6-8,18H,4-5,9H2,1-3H3. The summed E-state index contributed by atoms with van der Waals surface area (Å²) in [7, 11) is 1.79. The average molecular weight is 271 g/mol. The number of Topliss-reactive ketones (excluding diaryl/α,β-unsaturated/α-hetero) is 1. The van der Waals surface area contributed by atoms with Crippen LogP contribution in [0, 0.1) is 11.6 Å². The topological polar surface area (TPSA) is 40.5 Å². The van der Waals surface area contributed by atoms with E-state index in [0.29, 0.717) is 6.54 Å². The zero-order valence-electron chi connectivity index (χ0n) is 11.4. The normalized spacial score (nSPS) is 11.9. The average Bonchev–Trinajstić information content (AvgIpc) is 2.34. The molecule has 0 fully saturated rings. The van der Waals surface area contributed by atoms with E-state index in [9.17, 15) is 18.7 Å². The van der Waals surface area contributed by atoms with Gasteiger partial charge in [-0.15, -0.1) is 0 Å². The molecule has 0 spiro atoms. The number of carbonyl (C=O) groups is 1. The van der Waals surface area contributed by atoms with Crippen molar-refractivity contribution in [3.05, 3.63) is 35.4 Å². The number of hydrogen-bond acceptors (Lipinski definition) is 3. The molecule has 1 N–H and O–H groups in total. The van der Waals surface area contributed by atoms with Crippen LogP contribution in [0.5, 0.6) is 0 Å². The summed E-state index contributed by atoms with van der Waals surface area (Å²) in [4.78, 5) is 13.7. The maximum Gasteiger partial charge on any atom is 0.164 e. The number of benzene rings is 1. The Morgan fingerprint density at radius 2 is 1.79 bits per heavy atom. The summed E-state index contributed by atoms with van der Waals surface area (Å²) in [5.41, 5.74) is -0.402. The third kappa shape index (κ3) is 4.36. The molecule has 3 nitrogen and oxygen atoms in total. The number of likely N-dealkylation sites (N-methyl/N-ethyl adjacent to an activating group) is 1. The lowest BCUT2D eigenvalue weighted by Crippen LogP contribution is -2.45. The Morgan fingerprint density at radius 3 is 2.26 bits per heavy atom. The van der Waals surface area contributed by atoms with Gasteiger partial charge in [0.15, 0.2) is 5.78 Å². The first-order chi connectivity index (χ1) is 8.76. The molecule has 1 aromatic carbocycles. The predicted molar refractivity (Wildman–Crippen MR) is 69.1 cm³/mol. The molecule has 0 amide bonds. The molecular formula is C14H19F2NO2. The quantitative estimate of drug-likeness (QED) is 0.807. The fourth-order valence-electron chi connectivity index (χ4n) is 1.55. The maximum absolute atomic E-state index is 13.0. The molecule has 5 heteroatoms. The zero-order chi connectivity index (χ0) is 14.6. The monoisotopic (exact) mass is 271 g/mol. The summed E-state index contributed by atoms with van der Waals surface area (Å²) in [6, 6.07) is 2.79. The van der Waals surface area contributed by atoms with Crippen molar-refractivity contribution in [2.24, 2.45) is 0 Å². The Balaban J connectivity index is 2.66. The lowest BCUT2D eigenvalue weighted by atomic mass is 10.0. The highest BCUT2D eigenvalue weighted by Crippen LogP contribution is 2.14. The van der Waals surface area contributed by atoms with E-state index < -0.39 is 17.2 Å². The van der Waals surface area contributed by atoms with Gasteiger partial charge >= 0.3 is 0 Å². The smallest absolute Gasteiger partial charge is 0.164 e. The Morgan fingerprint density at radius 1 is 1.26 bits per heavy atom. The molecule has 0 heterocycles. The van der Waals surface area contributed by atoms with Gasteiger partial charge < -0.3 is 5.11 Å². The van der Waals surface area contributed by atoms with Gasteiger partial charge in [-0.2, -0.15) is 0 Å². The molecule has 0 bridgehead atoms. The number of nitrogens with zero attached hydrogens (tertiary/aromatic N) is 1. The molecule has 1 aromatic rings. The van der Waals surface area contributed by atoms with Gasteiger partial charge in [0.2, 0.25) is 0 Å². The van der Waals surface area contributed by atoms with Crippen molar-refractivity contribution >= 4 is 5.78 Å². The second-order valence-electron chi connectivity index (χ2n) is 5.22. The number of aliphatic hydroxyl groups is 1. The van der Waals surface area contributed by atoms with E-state index in [1.54, 1.807) is 7.05 Å². The van der Waals surface area contributed by atoms with Gasteiger partial charge in [0.25, 0.3) is 0 Å². The maximum atomic E-state index is 13.0. The number of carbonyl (C=O) groups excluding carboxylic acids is 1. The summed E-state index contributed by atoms with van der Waals surface area (Å²) in [5.74, 6) is -1.83. The molecule has 0 aliphatic carbocycles. The minimum Gasteiger partial charge on any atom is -0.394 e. The summed E-state index contributed by atoms with van der Waals surface area (Å²) in [5, 5.41) is 9.19. The molecule has 0 aliphatic rings. The van der Waals surface area contributed by atoms with Crippen LogP contribution in [-0.4, -0.2) is 41.5 Å². The summed E-state index contributed by atoms with van der Waals surface area (Å²) in [6.07, 6.45) is 0.142. The first-order valence-corrected chi connectivity index (χ1v) is 6.07. The second-order valence-corrected chi connectivity index (χ2v) is 5.22. The minimum absolute atomic E-state index is 0.0349. The number of rotatable bonds is 6. The van der Waals surface area contributed by atoms with Crippen molar-refractivity contribution in [1.82, 2.24) is 4.90 Å². The number of halogens is 2. The van der Waals surface area contributed by atoms with Crippen LogP contribution >= 0.6 is 0 Å². The highest BCUT2D eigenvalue weighted by molar-refractivity contribution is 5.96. The molecule has 0 aromatic heterocycles. The summed E-state index contributed by atoms with van der Waals surface area (Å²) >= 11 is 0. The zero-order valence-corrected chi connectivity index (χ0v) is 11.4. The first kappa shape index (κ1) is 15.7. The second kappa shape index (κ2) is 6.21. The van der Waals surface area contributed by atoms with E-state index in [1.165, 1.54) is 0 Å². The van der Waals surface area contributed by atoms with Crippen molar-refractivity contribution < 1.29 is 18.7 Å². The van der Waals surface area contributed by atoms with E-state index in [-0.39, 0.29) is 24.4 Å². The number of hydrogen-bond donors (Lipinski definition) is 1. The molecule has 0 radical (unpaired) electrons. The van der Waals surface area contributed by atoms with Crippen LogP contribution in [0.2, 0.25) is 0 Å². The lowest BCUT2D eigenvalue weighted by Gasteiger charge is -2.33. The van der Waals surface area contributed by atoms with E-state index in [2.05, 4.69) is 0 Å². The molecule has 19 heavy (non-hydrogen) atoms. The molecule has 0 unspecified atom stereocenters. The highest BCUT2D eigenvalue weighted by atomic mass is 19.1. The van der Waals surface area contributed by atoms with Crippen LogP contribution in [0.1, 0.15) is 30.6 Å². The fraction of sp³-hybridized carbons (Fsp3) is 0.500. The van der Waals surface area contributed by atoms with Gasteiger partial charge in [-0.1, -0.05) is 0 Å². The van der Waals surface area contributed by atoms with Crippen LogP contribution in [0.25, 0.3) is 0 Å². The molecule has 106 valence electrons. The Labute approximate surface area is 111 Å². The van der Waals surface area contributed by atoms with Crippen LogP contribution in [0.15, 0.2) is 18.2 Å². The van der Waals surface area contributed by atoms with Gasteiger partial charge in [0.1, 0.15) is 11.6 Å². The van der Waals surface area contributed by atoms with Crippen molar-refractivity contribution in [3.8, 4) is 0 Å². The molecule has 0 saturated heterocycles. The largest absolute Gasteiger partial charge is 0.394 e. The van der Waals surface area contributed by atoms with E-state index in [0.717, 1.165) is 18.2 Å². The highest BCUT2D eigenvalue weighted by Gasteiger charge is 2.22. The molecular weight excluding hydrogens is 252 g/mol. The Kier molecular flexibility index (Phi) is 5.14. The third-order valence-corrected chi connectivity index (χ3v) is 3.28. The fourth-order valence-corrected chi connectivity index (χ4v) is 1.55. The van der Waals surface area contributed by atoms with Gasteiger partial charge in [-0.3, -0.25) is 9.69 Å². The van der Waals surface area contributed by atoms with Crippen molar-refractivity contribution in [1.29, 1.82) is 0 Å². The van der Waals surface area contributed by atoms with Crippen molar-refractivity contribution in [2.45, 2.75) is 25.8 Å². The molecule has 1 rings (SSSR count). The Bertz CT molecular complexity index is 441. The summed E-state index contributed by atoms with van der Waals surface area (Å²) in [6.45, 7) is 4.06. The van der Waals surface area contributed by atoms with E-state index >= 15 is 0 Å². The van der Waals surface area contributed by atoms with Gasteiger partial charge in [0, 0.05) is 30.1 Å². The van der Waals surface area contributed by atoms with Crippen molar-refractivity contribution in [3.63, 3.8) is 0 Å². The van der Waals surface area contributed by atoms with Crippen LogP contribution in [0.3, 0.4) is 0 Å². The van der Waals surface area contributed by atoms with Crippen LogP contribution in [0.4, 0.5) is 8.78 Å². The SMILES string of the molecule is CN(CCC(=O)c1cc(F)cc(F)c1)C(C)(C)CO. The van der Waals surface area contributed by atoms with Gasteiger partial charge in [0.05, 0.1) is 6.61 Å². The van der Waals surface area contributed by atoms with Crippen LogP contribution in [-0.2, 0) is 0 Å². The summed E-state index contributed by atoms with van der Waals surface area (Å²) < 4.78 is 26.0. The molecule has 0 aliphatic heterocycles. The van der Waals surface area contributed by atoms with E-state index in [1.807, 2.05) is 18.7 Å².